The molecule has 1 amide bonds. The van der Waals surface area contributed by atoms with Crippen molar-refractivity contribution < 1.29 is 29.1 Å². The van der Waals surface area contributed by atoms with Crippen molar-refractivity contribution in [3.05, 3.63) is 33.4 Å². The van der Waals surface area contributed by atoms with E-state index in [1.165, 1.54) is 4.90 Å². The van der Waals surface area contributed by atoms with E-state index in [1.807, 2.05) is 0 Å². The molecule has 1 rings (SSSR count). The number of likely N-dealkylation sites (N-methyl/N-ethyl adjacent to an activating group) is 1. The fraction of sp³-hybridized carbons (Fsp3) is 0.593. The van der Waals surface area contributed by atoms with Crippen LogP contribution in [0.4, 0.5) is 10.5 Å². The normalized spacial score (nSPS) is 11.2. The van der Waals surface area contributed by atoms with Crippen LogP contribution in [0.15, 0.2) is 17.7 Å². The van der Waals surface area contributed by atoms with Crippen LogP contribution in [0.3, 0.4) is 0 Å². The maximum atomic E-state index is 12.5. The molecule has 0 saturated carbocycles. The Morgan fingerprint density at radius 1 is 1.03 bits per heavy atom. The van der Waals surface area contributed by atoms with E-state index < -0.39 is 34.2 Å². The van der Waals surface area contributed by atoms with Gasteiger partial charge in [-0.2, -0.15) is 5.26 Å². The summed E-state index contributed by atoms with van der Waals surface area (Å²) in [6.45, 7) is 11.9. The number of nitrogens with zero attached hydrogens (tertiary/aromatic N) is 4. The zero-order valence-corrected chi connectivity index (χ0v) is 22.9. The molecule has 0 spiro atoms. The third-order valence-corrected chi connectivity index (χ3v) is 6.16. The summed E-state index contributed by atoms with van der Waals surface area (Å²) in [4.78, 5) is 39.1. The van der Waals surface area contributed by atoms with Crippen LogP contribution in [0.2, 0.25) is 0 Å². The monoisotopic (exact) mass is 532 g/mol. The number of amides is 1. The number of rotatable bonds is 17. The number of ether oxygens (including phenoxy) is 2. The van der Waals surface area contributed by atoms with E-state index in [0.29, 0.717) is 19.5 Å². The molecule has 0 unspecified atom stereocenters. The Kier molecular flexibility index (Phi) is 15.1. The molecule has 0 aliphatic rings. The van der Waals surface area contributed by atoms with Crippen molar-refractivity contribution in [1.82, 2.24) is 9.80 Å². The first-order valence-electron chi connectivity index (χ1n) is 13.2. The van der Waals surface area contributed by atoms with Gasteiger partial charge in [-0.15, -0.1) is 0 Å². The summed E-state index contributed by atoms with van der Waals surface area (Å²) in [5, 5.41) is 31.1. The molecule has 210 valence electrons. The summed E-state index contributed by atoms with van der Waals surface area (Å²) in [5.74, 6) is -1.90. The molecule has 1 N–H and O–H groups in total. The first-order chi connectivity index (χ1) is 18.2. The number of unbranched alkanes of at least 4 members (excludes halogenated alkanes) is 5. The molecule has 0 aromatic heterocycles. The molecule has 0 heterocycles. The maximum Gasteiger partial charge on any atom is 0.513 e. The summed E-state index contributed by atoms with van der Waals surface area (Å²) < 4.78 is 10.1. The van der Waals surface area contributed by atoms with Gasteiger partial charge in [-0.25, -0.2) is 4.79 Å². The topological polar surface area (TPSA) is 146 Å². The van der Waals surface area contributed by atoms with Crippen LogP contribution in [0, 0.1) is 21.4 Å². The largest absolute Gasteiger partial charge is 0.513 e. The van der Waals surface area contributed by atoms with Gasteiger partial charge in [0.25, 0.3) is 5.91 Å². The molecule has 38 heavy (non-hydrogen) atoms. The SMILES string of the molecule is CCN(CC)CCCCCCCCOC(=O)Oc1cc(/C=C(\C#N)C(=O)N(CC)CC)cc([N+](=O)[O-])c1O. The zero-order valence-electron chi connectivity index (χ0n) is 22.9. The number of benzene rings is 1. The third-order valence-electron chi connectivity index (χ3n) is 6.16. The van der Waals surface area contributed by atoms with Gasteiger partial charge in [0.2, 0.25) is 5.75 Å². The molecule has 11 heteroatoms. The average Bonchev–Trinajstić information content (AvgIpc) is 2.90. The number of hydrogen-bond acceptors (Lipinski definition) is 9. The molecular formula is C27H40N4O7. The highest BCUT2D eigenvalue weighted by atomic mass is 16.7. The third kappa shape index (κ3) is 10.8. The second-order valence-electron chi connectivity index (χ2n) is 8.64. The predicted molar refractivity (Wildman–Crippen MR) is 144 cm³/mol. The van der Waals surface area contributed by atoms with Gasteiger partial charge in [0.1, 0.15) is 11.6 Å². The van der Waals surface area contributed by atoms with E-state index in [9.17, 15) is 30.1 Å². The summed E-state index contributed by atoms with van der Waals surface area (Å²) in [6.07, 6.45) is 5.98. The van der Waals surface area contributed by atoms with Crippen LogP contribution >= 0.6 is 0 Å². The van der Waals surface area contributed by atoms with Gasteiger partial charge in [0.15, 0.2) is 5.75 Å². The van der Waals surface area contributed by atoms with E-state index in [1.54, 1.807) is 19.9 Å². The molecule has 0 atom stereocenters. The van der Waals surface area contributed by atoms with Crippen LogP contribution in [-0.4, -0.2) is 71.2 Å². The molecule has 0 saturated heterocycles. The van der Waals surface area contributed by atoms with E-state index >= 15 is 0 Å². The quantitative estimate of drug-likeness (QED) is 0.0539. The van der Waals surface area contributed by atoms with E-state index in [-0.39, 0.29) is 17.7 Å². The highest BCUT2D eigenvalue weighted by Gasteiger charge is 2.23. The lowest BCUT2D eigenvalue weighted by Gasteiger charge is -2.17. The highest BCUT2D eigenvalue weighted by molar-refractivity contribution is 6.01. The smallest absolute Gasteiger partial charge is 0.499 e. The van der Waals surface area contributed by atoms with E-state index in [4.69, 9.17) is 9.47 Å². The lowest BCUT2D eigenvalue weighted by atomic mass is 10.1. The summed E-state index contributed by atoms with van der Waals surface area (Å²) in [5.41, 5.74) is -0.958. The molecule has 0 bridgehead atoms. The molecule has 0 aliphatic heterocycles. The number of nitriles is 1. The molecular weight excluding hydrogens is 492 g/mol. The number of carbonyl (C=O) groups is 2. The number of carbonyl (C=O) groups excluding carboxylic acids is 2. The van der Waals surface area contributed by atoms with Gasteiger partial charge in [-0.3, -0.25) is 14.9 Å². The Morgan fingerprint density at radius 3 is 2.18 bits per heavy atom. The number of phenols is 1. The second-order valence-corrected chi connectivity index (χ2v) is 8.64. The van der Waals surface area contributed by atoms with Crippen LogP contribution in [0.25, 0.3) is 6.08 Å². The zero-order chi connectivity index (χ0) is 28.5. The molecule has 0 fully saturated rings. The molecule has 1 aromatic carbocycles. The number of aromatic hydroxyl groups is 1. The molecule has 11 nitrogen and oxygen atoms in total. The van der Waals surface area contributed by atoms with Crippen molar-refractivity contribution in [2.75, 3.05) is 39.3 Å². The summed E-state index contributed by atoms with van der Waals surface area (Å²) >= 11 is 0. The first kappa shape index (κ1) is 32.4. The van der Waals surface area contributed by atoms with E-state index in [0.717, 1.165) is 69.9 Å². The molecule has 0 radical (unpaired) electrons. The Balaban J connectivity index is 2.72. The average molecular weight is 533 g/mol. The van der Waals surface area contributed by atoms with Gasteiger partial charge in [0.05, 0.1) is 11.5 Å². The fourth-order valence-electron chi connectivity index (χ4n) is 3.86. The number of nitro groups is 1. The number of hydrogen-bond donors (Lipinski definition) is 1. The Bertz CT molecular complexity index is 996. The summed E-state index contributed by atoms with van der Waals surface area (Å²) in [7, 11) is 0. The minimum absolute atomic E-state index is 0.0374. The predicted octanol–water partition coefficient (Wildman–Crippen LogP) is 5.27. The number of nitro benzene ring substituents is 1. The summed E-state index contributed by atoms with van der Waals surface area (Å²) in [6, 6.07) is 3.91. The van der Waals surface area contributed by atoms with Crippen molar-refractivity contribution in [3.63, 3.8) is 0 Å². The first-order valence-corrected chi connectivity index (χ1v) is 13.2. The highest BCUT2D eigenvalue weighted by Crippen LogP contribution is 2.38. The van der Waals surface area contributed by atoms with Crippen molar-refractivity contribution in [1.29, 1.82) is 5.26 Å². The van der Waals surface area contributed by atoms with Crippen LogP contribution in [-0.2, 0) is 9.53 Å². The van der Waals surface area contributed by atoms with Gasteiger partial charge in [-0.05, 0) is 64.0 Å². The lowest BCUT2D eigenvalue weighted by molar-refractivity contribution is -0.385. The van der Waals surface area contributed by atoms with E-state index in [2.05, 4.69) is 18.7 Å². The Hall–Kier alpha value is -3.65. The number of phenolic OH excluding ortho intramolecular Hbond substituents is 1. The van der Waals surface area contributed by atoms with Crippen LogP contribution in [0.1, 0.15) is 71.8 Å². The van der Waals surface area contributed by atoms with Gasteiger partial charge >= 0.3 is 11.8 Å². The van der Waals surface area contributed by atoms with Crippen molar-refractivity contribution in [2.45, 2.75) is 66.2 Å². The minimum Gasteiger partial charge on any atom is -0.499 e. The van der Waals surface area contributed by atoms with Crippen molar-refractivity contribution in [2.24, 2.45) is 0 Å². The van der Waals surface area contributed by atoms with Crippen LogP contribution in [0.5, 0.6) is 11.5 Å². The fourth-order valence-corrected chi connectivity index (χ4v) is 3.86. The minimum atomic E-state index is -1.12. The molecule has 1 aromatic rings. The van der Waals surface area contributed by atoms with Crippen molar-refractivity contribution in [3.8, 4) is 17.6 Å². The maximum absolute atomic E-state index is 12.5. The van der Waals surface area contributed by atoms with Gasteiger partial charge in [0, 0.05) is 19.2 Å². The van der Waals surface area contributed by atoms with Gasteiger partial charge < -0.3 is 24.4 Å². The standard InChI is InChI=1S/C27H40N4O7/c1-5-29(6-2)15-13-11-9-10-12-14-16-37-27(34)38-24-19-21(18-23(25(24)32)31(35)36)17-22(20-28)26(33)30(7-3)8-4/h17-19,32H,5-16H2,1-4H3/b22-17+. The van der Waals surface area contributed by atoms with Gasteiger partial charge in [-0.1, -0.05) is 39.5 Å². The van der Waals surface area contributed by atoms with Crippen LogP contribution < -0.4 is 4.74 Å². The molecule has 0 aliphatic carbocycles. The second kappa shape index (κ2) is 17.7. The Morgan fingerprint density at radius 2 is 1.63 bits per heavy atom. The van der Waals surface area contributed by atoms with Crippen molar-refractivity contribution >= 4 is 23.8 Å². The Labute approximate surface area is 224 Å². The lowest BCUT2D eigenvalue weighted by Crippen LogP contribution is -2.31.